The van der Waals surface area contributed by atoms with Crippen LogP contribution >= 0.6 is 0 Å². The summed E-state index contributed by atoms with van der Waals surface area (Å²) >= 11 is 0. The fourth-order valence-electron chi connectivity index (χ4n) is 16.8. The summed E-state index contributed by atoms with van der Waals surface area (Å²) in [6.07, 6.45) is 4.31. The quantitative estimate of drug-likeness (QED) is 0.0740. The van der Waals surface area contributed by atoms with Gasteiger partial charge in [-0.1, -0.05) is 20.8 Å². The van der Waals surface area contributed by atoms with Crippen molar-refractivity contribution < 1.29 is 57.1 Å². The summed E-state index contributed by atoms with van der Waals surface area (Å²) in [7, 11) is 0. The van der Waals surface area contributed by atoms with Gasteiger partial charge in [0.05, 0.1) is 87.0 Å². The lowest BCUT2D eigenvalue weighted by Crippen LogP contribution is -2.44. The predicted octanol–water partition coefficient (Wildman–Crippen LogP) is 7.42. The molecule has 6 aromatic heterocycles. The SMILES string of the molecule is CC[C@@]1(O)C(=O)OCc2c1cc1n(c2=O)Cc2c-1nc1cc(F)c(C)c3c1c2[C@@H](N)CC3.CC[C@@]1(O)C(=O)OCc2c1cc1n(c2=O)Cc2c-1nc1cc(F)c(C)c3c1c2[C@@H](N)CC3.CC[C@@]1(O)C(=O)OCc2c1cc1n(c2=O)Cc2c-1nc1cc(F)c(C)c3c1c2[C@@H](N)CC3. The van der Waals surface area contributed by atoms with E-state index in [0.29, 0.717) is 106 Å². The monoisotopic (exact) mass is 1310 g/mol. The number of rotatable bonds is 3. The fourth-order valence-corrected chi connectivity index (χ4v) is 16.8. The number of aliphatic hydroxyl groups is 3. The molecule has 6 aliphatic heterocycles. The zero-order chi connectivity index (χ0) is 67.6. The van der Waals surface area contributed by atoms with Gasteiger partial charge in [-0.15, -0.1) is 0 Å². The Labute approximate surface area is 544 Å². The van der Waals surface area contributed by atoms with E-state index in [1.165, 1.54) is 18.2 Å². The molecule has 0 radical (unpaired) electrons. The number of nitrogens with two attached hydrogens (primary N) is 3. The fraction of sp³-hybridized carbons (Fsp3) is 0.375. The van der Waals surface area contributed by atoms with Crippen molar-refractivity contribution in [3.63, 3.8) is 0 Å². The third kappa shape index (κ3) is 8.16. The maximum atomic E-state index is 14.7. The Morgan fingerprint density at radius 1 is 0.438 bits per heavy atom. The number of hydrogen-bond acceptors (Lipinski definition) is 18. The van der Waals surface area contributed by atoms with Crippen molar-refractivity contribution in [3.05, 3.63) is 185 Å². The van der Waals surface area contributed by atoms with Gasteiger partial charge in [-0.25, -0.2) is 42.5 Å². The number of fused-ring (bicyclic) bond motifs is 15. The van der Waals surface area contributed by atoms with Crippen LogP contribution in [0.1, 0.15) is 178 Å². The minimum atomic E-state index is -1.89. The number of esters is 3. The molecule has 6 atom stereocenters. The molecule has 0 unspecified atom stereocenters. The summed E-state index contributed by atoms with van der Waals surface area (Å²) < 4.78 is 64.1. The minimum Gasteiger partial charge on any atom is -0.458 e. The number of nitrogens with zero attached hydrogens (tertiary/aromatic N) is 6. The number of carbonyl (C=O) groups excluding carboxylic acids is 3. The maximum Gasteiger partial charge on any atom is 0.343 e. The van der Waals surface area contributed by atoms with Gasteiger partial charge in [0.25, 0.3) is 16.7 Å². The van der Waals surface area contributed by atoms with Crippen LogP contribution in [0.15, 0.2) is 50.8 Å². The van der Waals surface area contributed by atoms with E-state index in [2.05, 4.69) is 0 Å². The van der Waals surface area contributed by atoms with Crippen LogP contribution in [-0.2, 0) is 104 Å². The molecule has 0 amide bonds. The van der Waals surface area contributed by atoms with Crippen LogP contribution in [-0.4, -0.2) is 61.9 Å². The van der Waals surface area contributed by atoms with Crippen LogP contribution in [0.3, 0.4) is 0 Å². The van der Waals surface area contributed by atoms with Crippen LogP contribution in [0.4, 0.5) is 13.2 Å². The Hall–Kier alpha value is -9.30. The zero-order valence-corrected chi connectivity index (χ0v) is 53.4. The second kappa shape index (κ2) is 21.1. The number of ether oxygens (including phenoxy) is 3. The van der Waals surface area contributed by atoms with E-state index in [1.54, 1.807) is 73.4 Å². The number of carbonyl (C=O) groups is 3. The first-order valence-corrected chi connectivity index (χ1v) is 32.5. The molecule has 0 bridgehead atoms. The summed E-state index contributed by atoms with van der Waals surface area (Å²) in [6, 6.07) is 8.53. The van der Waals surface area contributed by atoms with Gasteiger partial charge in [-0.05, 0) is 147 Å². The molecule has 0 saturated heterocycles. The first kappa shape index (κ1) is 61.6. The van der Waals surface area contributed by atoms with E-state index in [9.17, 15) is 57.3 Å². The molecule has 492 valence electrons. The third-order valence-electron chi connectivity index (χ3n) is 22.3. The van der Waals surface area contributed by atoms with Crippen molar-refractivity contribution in [3.8, 4) is 34.2 Å². The Bertz CT molecular complexity index is 4850. The van der Waals surface area contributed by atoms with Gasteiger partial charge in [0.1, 0.15) is 37.3 Å². The van der Waals surface area contributed by atoms with Gasteiger partial charge < -0.3 is 60.4 Å². The number of benzene rings is 3. The molecule has 18 rings (SSSR count). The van der Waals surface area contributed by atoms with E-state index in [4.69, 9.17) is 46.4 Å². The number of aryl methyl sites for hydroxylation is 3. The molecular weight excluding hydrogens is 1240 g/mol. The summed E-state index contributed by atoms with van der Waals surface area (Å²) in [5, 5.41) is 35.7. The van der Waals surface area contributed by atoms with Crippen LogP contribution < -0.4 is 33.9 Å². The minimum absolute atomic E-state index is 0.0731. The van der Waals surface area contributed by atoms with E-state index >= 15 is 0 Å². The molecule has 0 fully saturated rings. The normalized spacial score (nSPS) is 23.0. The van der Waals surface area contributed by atoms with Crippen LogP contribution in [0.25, 0.3) is 66.9 Å². The summed E-state index contributed by atoms with van der Waals surface area (Å²) in [4.78, 5) is 91.5. The molecule has 9 aromatic rings. The molecule has 3 aromatic carbocycles. The van der Waals surface area contributed by atoms with Gasteiger partial charge in [0, 0.05) is 85.9 Å². The van der Waals surface area contributed by atoms with Crippen molar-refractivity contribution in [1.29, 1.82) is 0 Å². The number of halogens is 3. The van der Waals surface area contributed by atoms with Crippen molar-refractivity contribution in [1.82, 2.24) is 28.7 Å². The summed E-state index contributed by atoms with van der Waals surface area (Å²) in [6.45, 7) is 10.6. The molecule has 9 aliphatic rings. The molecule has 0 spiro atoms. The maximum absolute atomic E-state index is 14.7. The lowest BCUT2D eigenvalue weighted by molar-refractivity contribution is -0.172. The van der Waals surface area contributed by atoms with E-state index < -0.39 is 34.7 Å². The van der Waals surface area contributed by atoms with Crippen molar-refractivity contribution in [2.24, 2.45) is 17.2 Å². The molecule has 12 heterocycles. The van der Waals surface area contributed by atoms with Crippen molar-refractivity contribution in [2.45, 2.75) is 174 Å². The van der Waals surface area contributed by atoms with Gasteiger partial charge in [0.15, 0.2) is 16.8 Å². The highest BCUT2D eigenvalue weighted by Gasteiger charge is 2.49. The summed E-state index contributed by atoms with van der Waals surface area (Å²) in [5.74, 6) is -3.23. The van der Waals surface area contributed by atoms with Gasteiger partial charge >= 0.3 is 17.9 Å². The second-order valence-corrected chi connectivity index (χ2v) is 26.9. The topological polar surface area (TPSA) is 322 Å². The van der Waals surface area contributed by atoms with Crippen LogP contribution in [0.5, 0.6) is 0 Å². The largest absolute Gasteiger partial charge is 0.458 e. The third-order valence-corrected chi connectivity index (χ3v) is 22.3. The van der Waals surface area contributed by atoms with Gasteiger partial charge in [0.2, 0.25) is 0 Å². The molecular formula is C72H66F3N9O12. The molecule has 96 heavy (non-hydrogen) atoms. The lowest BCUT2D eigenvalue weighted by atomic mass is 9.82. The van der Waals surface area contributed by atoms with Gasteiger partial charge in [-0.3, -0.25) is 14.4 Å². The zero-order valence-electron chi connectivity index (χ0n) is 53.4. The van der Waals surface area contributed by atoms with Crippen LogP contribution in [0.2, 0.25) is 0 Å². The van der Waals surface area contributed by atoms with E-state index in [0.717, 1.165) is 66.2 Å². The molecule has 24 heteroatoms. The number of pyridine rings is 6. The van der Waals surface area contributed by atoms with E-state index in [-0.39, 0.29) is 144 Å². The van der Waals surface area contributed by atoms with Crippen molar-refractivity contribution in [2.75, 3.05) is 0 Å². The number of aromatic nitrogens is 6. The highest BCUT2D eigenvalue weighted by molar-refractivity contribution is 5.96. The molecule has 0 saturated carbocycles. The highest BCUT2D eigenvalue weighted by Crippen LogP contribution is 2.50. The molecule has 3 aliphatic carbocycles. The second-order valence-electron chi connectivity index (χ2n) is 26.9. The number of hydrogen-bond donors (Lipinski definition) is 6. The smallest absolute Gasteiger partial charge is 0.343 e. The van der Waals surface area contributed by atoms with Gasteiger partial charge in [-0.2, -0.15) is 0 Å². The number of cyclic esters (lactones) is 3. The standard InChI is InChI=1S/3C24H22FN3O4/c3*1-3-24(31)14-6-18-21-12(8-28(18)22(29)13(14)9-32-23(24)30)19-16(26)5-4-11-10(2)15(25)7-17(27-21)20(11)19/h3*6-7,16,31H,3-5,8-9,26H2,1-2H3/t3*16-,24-/m000/s1. The predicted molar refractivity (Wildman–Crippen MR) is 343 cm³/mol. The Balaban J connectivity index is 0.000000113. The lowest BCUT2D eigenvalue weighted by Gasteiger charge is -2.31. The Kier molecular flexibility index (Phi) is 13.5. The first-order valence-electron chi connectivity index (χ1n) is 32.5. The summed E-state index contributed by atoms with van der Waals surface area (Å²) in [5.41, 5.74) is 29.2. The molecule has 9 N–H and O–H groups in total. The Morgan fingerprint density at radius 3 is 0.948 bits per heavy atom. The highest BCUT2D eigenvalue weighted by atomic mass is 19.1. The average Bonchev–Trinajstić information content (AvgIpc) is 1.62. The first-order chi connectivity index (χ1) is 45.8. The molecule has 21 nitrogen and oxygen atoms in total. The van der Waals surface area contributed by atoms with E-state index in [1.807, 2.05) is 0 Å². The average molecular weight is 1310 g/mol. The van der Waals surface area contributed by atoms with Crippen LogP contribution in [0, 0.1) is 38.2 Å². The van der Waals surface area contributed by atoms with Crippen molar-refractivity contribution >= 4 is 50.6 Å². The Morgan fingerprint density at radius 2 is 0.698 bits per heavy atom.